The number of hydrogen-bond acceptors (Lipinski definition) is 1. The molecule has 2 nitrogen and oxygen atoms in total. The molecule has 2 heteroatoms. The van der Waals surface area contributed by atoms with Crippen molar-refractivity contribution in [2.24, 2.45) is 5.92 Å². The number of carboxylic acid groups (broad SMARTS) is 1. The molecule has 0 aliphatic rings. The Bertz CT molecular complexity index is 166. The average Bonchev–Trinajstić information content (AvgIpc) is 1.82. The van der Waals surface area contributed by atoms with Gasteiger partial charge in [0.15, 0.2) is 0 Å². The second-order valence-electron chi connectivity index (χ2n) is 2.40. The highest BCUT2D eigenvalue weighted by atomic mass is 16.4. The summed E-state index contributed by atoms with van der Waals surface area (Å²) in [7, 11) is 0. The van der Waals surface area contributed by atoms with Crippen molar-refractivity contribution in [2.45, 2.75) is 13.8 Å². The summed E-state index contributed by atoms with van der Waals surface area (Å²) in [5.74, 6) is -0.614. The van der Waals surface area contributed by atoms with E-state index in [9.17, 15) is 4.79 Å². The zero-order valence-corrected chi connectivity index (χ0v) is 6.29. The number of carbonyl (C=O) groups is 1. The van der Waals surface area contributed by atoms with Crippen LogP contribution in [0.5, 0.6) is 0 Å². The Morgan fingerprint density at radius 1 is 1.50 bits per heavy atom. The SMILES string of the molecule is C=C(/C=C/C(=O)O)C(C)C. The normalized spacial score (nSPS) is 10.7. The van der Waals surface area contributed by atoms with E-state index in [1.165, 1.54) is 6.08 Å². The summed E-state index contributed by atoms with van der Waals surface area (Å²) in [5, 5.41) is 8.22. The molecular weight excluding hydrogens is 128 g/mol. The number of hydrogen-bond donors (Lipinski definition) is 1. The largest absolute Gasteiger partial charge is 0.478 e. The molecule has 0 saturated carbocycles. The second-order valence-corrected chi connectivity index (χ2v) is 2.40. The molecule has 0 saturated heterocycles. The minimum absolute atomic E-state index is 0.315. The molecule has 0 bridgehead atoms. The monoisotopic (exact) mass is 140 g/mol. The predicted octanol–water partition coefficient (Wildman–Crippen LogP) is 1.84. The minimum atomic E-state index is -0.929. The maximum atomic E-state index is 10.00. The summed E-state index contributed by atoms with van der Waals surface area (Å²) < 4.78 is 0. The Labute approximate surface area is 60.9 Å². The van der Waals surface area contributed by atoms with Gasteiger partial charge in [0, 0.05) is 6.08 Å². The van der Waals surface area contributed by atoms with Crippen LogP contribution in [0.15, 0.2) is 24.3 Å². The Hall–Kier alpha value is -1.05. The van der Waals surface area contributed by atoms with Gasteiger partial charge in [-0.15, -0.1) is 0 Å². The maximum absolute atomic E-state index is 10.00. The first kappa shape index (κ1) is 8.95. The van der Waals surface area contributed by atoms with Crippen LogP contribution >= 0.6 is 0 Å². The summed E-state index contributed by atoms with van der Waals surface area (Å²) in [6.45, 7) is 7.61. The number of rotatable bonds is 3. The van der Waals surface area contributed by atoms with Crippen molar-refractivity contribution in [1.82, 2.24) is 0 Å². The third kappa shape index (κ3) is 3.89. The van der Waals surface area contributed by atoms with E-state index in [-0.39, 0.29) is 0 Å². The molecule has 0 aromatic carbocycles. The van der Waals surface area contributed by atoms with Gasteiger partial charge >= 0.3 is 5.97 Å². The van der Waals surface area contributed by atoms with Gasteiger partial charge in [-0.05, 0) is 5.92 Å². The van der Waals surface area contributed by atoms with Gasteiger partial charge in [-0.2, -0.15) is 0 Å². The predicted molar refractivity (Wildman–Crippen MR) is 40.8 cm³/mol. The summed E-state index contributed by atoms with van der Waals surface area (Å²) in [6, 6.07) is 0. The van der Waals surface area contributed by atoms with Gasteiger partial charge in [-0.1, -0.05) is 32.1 Å². The van der Waals surface area contributed by atoms with Crippen molar-refractivity contribution in [1.29, 1.82) is 0 Å². The zero-order chi connectivity index (χ0) is 8.15. The molecule has 0 atom stereocenters. The van der Waals surface area contributed by atoms with Crippen LogP contribution in [-0.4, -0.2) is 11.1 Å². The minimum Gasteiger partial charge on any atom is -0.478 e. The molecule has 0 radical (unpaired) electrons. The summed E-state index contributed by atoms with van der Waals surface area (Å²) in [6.07, 6.45) is 2.62. The van der Waals surface area contributed by atoms with Crippen LogP contribution in [0, 0.1) is 5.92 Å². The standard InChI is InChI=1S/C8H12O2/c1-6(2)7(3)4-5-8(9)10/h4-6H,3H2,1-2H3,(H,9,10)/b5-4+. The molecule has 0 spiro atoms. The van der Waals surface area contributed by atoms with Crippen molar-refractivity contribution >= 4 is 5.97 Å². The van der Waals surface area contributed by atoms with Crippen LogP contribution in [-0.2, 0) is 4.79 Å². The van der Waals surface area contributed by atoms with Gasteiger partial charge in [0.2, 0.25) is 0 Å². The molecule has 0 aromatic heterocycles. The first-order chi connectivity index (χ1) is 4.54. The second kappa shape index (κ2) is 3.88. The van der Waals surface area contributed by atoms with Crippen LogP contribution < -0.4 is 0 Å². The lowest BCUT2D eigenvalue weighted by molar-refractivity contribution is -0.131. The van der Waals surface area contributed by atoms with Crippen molar-refractivity contribution in [3.63, 3.8) is 0 Å². The van der Waals surface area contributed by atoms with E-state index >= 15 is 0 Å². The fourth-order valence-corrected chi connectivity index (χ4v) is 0.371. The lowest BCUT2D eigenvalue weighted by atomic mass is 10.1. The van der Waals surface area contributed by atoms with Crippen LogP contribution in [0.3, 0.4) is 0 Å². The third-order valence-corrected chi connectivity index (χ3v) is 1.18. The van der Waals surface area contributed by atoms with Gasteiger partial charge in [-0.3, -0.25) is 0 Å². The smallest absolute Gasteiger partial charge is 0.328 e. The summed E-state index contributed by atoms with van der Waals surface area (Å²) in [4.78, 5) is 10.00. The molecule has 0 rings (SSSR count). The lowest BCUT2D eigenvalue weighted by Crippen LogP contribution is -1.91. The van der Waals surface area contributed by atoms with E-state index in [2.05, 4.69) is 6.58 Å². The Morgan fingerprint density at radius 2 is 2.00 bits per heavy atom. The van der Waals surface area contributed by atoms with Crippen LogP contribution in [0.4, 0.5) is 0 Å². The van der Waals surface area contributed by atoms with Gasteiger partial charge < -0.3 is 5.11 Å². The van der Waals surface area contributed by atoms with E-state index in [1.54, 1.807) is 0 Å². The van der Waals surface area contributed by atoms with Gasteiger partial charge in [0.05, 0.1) is 0 Å². The molecule has 1 N–H and O–H groups in total. The van der Waals surface area contributed by atoms with Crippen LogP contribution in [0.25, 0.3) is 0 Å². The topological polar surface area (TPSA) is 37.3 Å². The third-order valence-electron chi connectivity index (χ3n) is 1.18. The summed E-state index contributed by atoms with van der Waals surface area (Å²) in [5.41, 5.74) is 0.836. The maximum Gasteiger partial charge on any atom is 0.328 e. The average molecular weight is 140 g/mol. The van der Waals surface area contributed by atoms with Crippen molar-refractivity contribution in [2.75, 3.05) is 0 Å². The van der Waals surface area contributed by atoms with E-state index in [0.29, 0.717) is 5.92 Å². The first-order valence-electron chi connectivity index (χ1n) is 3.14. The number of carboxylic acids is 1. The highest BCUT2D eigenvalue weighted by molar-refractivity contribution is 5.80. The molecule has 0 amide bonds. The molecule has 0 unspecified atom stereocenters. The van der Waals surface area contributed by atoms with Crippen LogP contribution in [0.1, 0.15) is 13.8 Å². The number of aliphatic carboxylic acids is 1. The van der Waals surface area contributed by atoms with Crippen molar-refractivity contribution < 1.29 is 9.90 Å². The highest BCUT2D eigenvalue weighted by Gasteiger charge is 1.94. The van der Waals surface area contributed by atoms with Gasteiger partial charge in [0.1, 0.15) is 0 Å². The van der Waals surface area contributed by atoms with Gasteiger partial charge in [-0.25, -0.2) is 4.79 Å². The fourth-order valence-electron chi connectivity index (χ4n) is 0.371. The van der Waals surface area contributed by atoms with E-state index in [0.717, 1.165) is 11.6 Å². The molecule has 56 valence electrons. The zero-order valence-electron chi connectivity index (χ0n) is 6.29. The summed E-state index contributed by atoms with van der Waals surface area (Å²) >= 11 is 0. The Balaban J connectivity index is 3.90. The highest BCUT2D eigenvalue weighted by Crippen LogP contribution is 2.06. The van der Waals surface area contributed by atoms with Crippen LogP contribution in [0.2, 0.25) is 0 Å². The Kier molecular flexibility index (Phi) is 3.47. The first-order valence-corrected chi connectivity index (χ1v) is 3.14. The van der Waals surface area contributed by atoms with E-state index in [1.807, 2.05) is 13.8 Å². The van der Waals surface area contributed by atoms with Gasteiger partial charge in [0.25, 0.3) is 0 Å². The van der Waals surface area contributed by atoms with Crippen molar-refractivity contribution in [3.8, 4) is 0 Å². The molecule has 0 aromatic rings. The molecule has 0 heterocycles. The molecule has 0 fully saturated rings. The van der Waals surface area contributed by atoms with Crippen molar-refractivity contribution in [3.05, 3.63) is 24.3 Å². The fraction of sp³-hybridized carbons (Fsp3) is 0.375. The lowest BCUT2D eigenvalue weighted by Gasteiger charge is -2.00. The number of allylic oxidation sites excluding steroid dienone is 2. The van der Waals surface area contributed by atoms with E-state index in [4.69, 9.17) is 5.11 Å². The quantitative estimate of drug-likeness (QED) is 0.479. The van der Waals surface area contributed by atoms with E-state index < -0.39 is 5.97 Å². The molecule has 0 aliphatic carbocycles. The molecular formula is C8H12O2. The molecule has 10 heavy (non-hydrogen) atoms. The Morgan fingerprint density at radius 3 is 2.30 bits per heavy atom. The molecule has 0 aliphatic heterocycles.